The molecule has 2 heterocycles. The van der Waals surface area contributed by atoms with Crippen molar-refractivity contribution in [3.8, 4) is 0 Å². The van der Waals surface area contributed by atoms with Crippen LogP contribution >= 0.6 is 15.9 Å². The second-order valence-electron chi connectivity index (χ2n) is 5.41. The lowest BCUT2D eigenvalue weighted by Gasteiger charge is -2.30. The van der Waals surface area contributed by atoms with Crippen LogP contribution in [0.15, 0.2) is 10.7 Å². The Balaban J connectivity index is 2.14. The molecule has 2 rings (SSSR count). The fourth-order valence-electron chi connectivity index (χ4n) is 2.58. The molecule has 1 aromatic heterocycles. The monoisotopic (exact) mass is 299 g/mol. The molecule has 0 aromatic carbocycles. The van der Waals surface area contributed by atoms with E-state index in [1.165, 1.54) is 18.7 Å². The van der Waals surface area contributed by atoms with E-state index >= 15 is 0 Å². The van der Waals surface area contributed by atoms with Gasteiger partial charge in [-0.1, -0.05) is 6.92 Å². The van der Waals surface area contributed by atoms with Gasteiger partial charge in [0.2, 0.25) is 0 Å². The third kappa shape index (κ3) is 2.91. The molecule has 0 bridgehead atoms. The minimum absolute atomic E-state index is 0.433. The highest BCUT2D eigenvalue weighted by Crippen LogP contribution is 2.27. The molecular weight excluding hydrogens is 278 g/mol. The van der Waals surface area contributed by atoms with E-state index in [-0.39, 0.29) is 0 Å². The number of rotatable bonds is 3. The predicted molar refractivity (Wildman–Crippen MR) is 74.2 cm³/mol. The van der Waals surface area contributed by atoms with Crippen LogP contribution in [0.1, 0.15) is 38.9 Å². The van der Waals surface area contributed by atoms with E-state index in [0.717, 1.165) is 29.3 Å². The minimum Gasteiger partial charge on any atom is -0.316 e. The zero-order valence-corrected chi connectivity index (χ0v) is 12.5. The molecule has 0 aliphatic carbocycles. The van der Waals surface area contributed by atoms with E-state index in [0.29, 0.717) is 6.04 Å². The summed E-state index contributed by atoms with van der Waals surface area (Å²) in [6.45, 7) is 9.05. The Kier molecular flexibility index (Phi) is 4.26. The first-order valence-electron chi connectivity index (χ1n) is 6.52. The first-order valence-corrected chi connectivity index (χ1v) is 7.31. The molecule has 1 N–H and O–H groups in total. The second kappa shape index (κ2) is 5.53. The number of nitrogens with one attached hydrogen (secondary N) is 1. The smallest absolute Gasteiger partial charge is 0.0635 e. The maximum Gasteiger partial charge on any atom is 0.0635 e. The number of nitrogens with zero attached hydrogens (tertiary/aromatic N) is 2. The van der Waals surface area contributed by atoms with Crippen molar-refractivity contribution in [2.24, 2.45) is 11.8 Å². The van der Waals surface area contributed by atoms with Crippen LogP contribution in [0.3, 0.4) is 0 Å². The Labute approximate surface area is 112 Å². The highest BCUT2D eigenvalue weighted by molar-refractivity contribution is 9.10. The van der Waals surface area contributed by atoms with Crippen LogP contribution in [0.5, 0.6) is 0 Å². The van der Waals surface area contributed by atoms with E-state index in [1.54, 1.807) is 0 Å². The molecule has 0 spiro atoms. The van der Waals surface area contributed by atoms with Gasteiger partial charge in [-0.3, -0.25) is 4.68 Å². The fraction of sp³-hybridized carbons (Fsp3) is 0.769. The lowest BCUT2D eigenvalue weighted by Crippen LogP contribution is -2.37. The van der Waals surface area contributed by atoms with Gasteiger partial charge in [0.15, 0.2) is 0 Å². The third-order valence-corrected chi connectivity index (χ3v) is 4.44. The van der Waals surface area contributed by atoms with Gasteiger partial charge in [0.1, 0.15) is 0 Å². The lowest BCUT2D eigenvalue weighted by atomic mass is 9.85. The van der Waals surface area contributed by atoms with Gasteiger partial charge in [0.25, 0.3) is 0 Å². The number of piperidine rings is 1. The molecule has 1 aromatic rings. The topological polar surface area (TPSA) is 29.9 Å². The normalized spacial score (nSPS) is 25.5. The molecule has 2 atom stereocenters. The Bertz CT molecular complexity index is 373. The van der Waals surface area contributed by atoms with Crippen molar-refractivity contribution in [3.63, 3.8) is 0 Å². The van der Waals surface area contributed by atoms with E-state index in [2.05, 4.69) is 51.8 Å². The standard InChI is InChI=1S/C13H22BrN3/c1-9(2)17-13(12(14)8-16-17)6-11-7-15-5-4-10(11)3/h8-11,15H,4-7H2,1-3H3. The quantitative estimate of drug-likeness (QED) is 0.930. The maximum absolute atomic E-state index is 4.46. The van der Waals surface area contributed by atoms with Gasteiger partial charge in [-0.05, 0) is 67.5 Å². The van der Waals surface area contributed by atoms with Gasteiger partial charge in [0.05, 0.1) is 16.4 Å². The molecule has 1 aliphatic rings. The van der Waals surface area contributed by atoms with Crippen molar-refractivity contribution < 1.29 is 0 Å². The van der Waals surface area contributed by atoms with Crippen molar-refractivity contribution in [3.05, 3.63) is 16.4 Å². The molecule has 0 radical (unpaired) electrons. The van der Waals surface area contributed by atoms with Gasteiger partial charge in [-0.25, -0.2) is 0 Å². The Hall–Kier alpha value is -0.350. The summed E-state index contributed by atoms with van der Waals surface area (Å²) < 4.78 is 3.30. The molecule has 1 saturated heterocycles. The van der Waals surface area contributed by atoms with Crippen molar-refractivity contribution in [2.75, 3.05) is 13.1 Å². The predicted octanol–water partition coefficient (Wildman–Crippen LogP) is 3.01. The number of aromatic nitrogens is 2. The van der Waals surface area contributed by atoms with E-state index in [1.807, 2.05) is 6.20 Å². The van der Waals surface area contributed by atoms with Crippen LogP contribution in [-0.4, -0.2) is 22.9 Å². The third-order valence-electron chi connectivity index (χ3n) is 3.78. The SMILES string of the molecule is CC1CCNCC1Cc1c(Br)cnn1C(C)C. The van der Waals surface area contributed by atoms with Crippen LogP contribution in [-0.2, 0) is 6.42 Å². The summed E-state index contributed by atoms with van der Waals surface area (Å²) in [7, 11) is 0. The van der Waals surface area contributed by atoms with Crippen LogP contribution in [0.25, 0.3) is 0 Å². The van der Waals surface area contributed by atoms with Gasteiger partial charge in [-0.15, -0.1) is 0 Å². The summed E-state index contributed by atoms with van der Waals surface area (Å²) in [5, 5.41) is 7.96. The zero-order chi connectivity index (χ0) is 12.4. The summed E-state index contributed by atoms with van der Waals surface area (Å²) in [5.74, 6) is 1.54. The van der Waals surface area contributed by atoms with Crippen molar-refractivity contribution >= 4 is 15.9 Å². The van der Waals surface area contributed by atoms with E-state index in [9.17, 15) is 0 Å². The van der Waals surface area contributed by atoms with Gasteiger partial charge >= 0.3 is 0 Å². The van der Waals surface area contributed by atoms with Crippen LogP contribution in [0.4, 0.5) is 0 Å². The fourth-order valence-corrected chi connectivity index (χ4v) is 3.01. The molecule has 96 valence electrons. The van der Waals surface area contributed by atoms with Crippen LogP contribution < -0.4 is 5.32 Å². The van der Waals surface area contributed by atoms with Gasteiger partial charge in [0, 0.05) is 6.04 Å². The molecule has 1 fully saturated rings. The molecule has 3 nitrogen and oxygen atoms in total. The molecule has 0 amide bonds. The highest BCUT2D eigenvalue weighted by Gasteiger charge is 2.24. The zero-order valence-electron chi connectivity index (χ0n) is 10.9. The summed E-state index contributed by atoms with van der Waals surface area (Å²) >= 11 is 3.63. The first-order chi connectivity index (χ1) is 8.09. The van der Waals surface area contributed by atoms with Crippen molar-refractivity contribution in [1.29, 1.82) is 0 Å². The van der Waals surface area contributed by atoms with Crippen LogP contribution in [0.2, 0.25) is 0 Å². The average molecular weight is 300 g/mol. The number of hydrogen-bond acceptors (Lipinski definition) is 2. The molecular formula is C13H22BrN3. The van der Waals surface area contributed by atoms with E-state index in [4.69, 9.17) is 0 Å². The number of hydrogen-bond donors (Lipinski definition) is 1. The summed E-state index contributed by atoms with van der Waals surface area (Å²) in [5.41, 5.74) is 1.35. The molecule has 4 heteroatoms. The maximum atomic E-state index is 4.46. The molecule has 2 unspecified atom stereocenters. The largest absolute Gasteiger partial charge is 0.316 e. The van der Waals surface area contributed by atoms with Crippen molar-refractivity contribution in [1.82, 2.24) is 15.1 Å². The van der Waals surface area contributed by atoms with Crippen LogP contribution in [0, 0.1) is 11.8 Å². The molecule has 1 aliphatic heterocycles. The Morgan fingerprint density at radius 1 is 1.59 bits per heavy atom. The highest BCUT2D eigenvalue weighted by atomic mass is 79.9. The van der Waals surface area contributed by atoms with Crippen molar-refractivity contribution in [2.45, 2.75) is 39.7 Å². The minimum atomic E-state index is 0.433. The van der Waals surface area contributed by atoms with Gasteiger partial charge in [-0.2, -0.15) is 5.10 Å². The summed E-state index contributed by atoms with van der Waals surface area (Å²) in [6, 6.07) is 0.433. The Morgan fingerprint density at radius 3 is 3.00 bits per heavy atom. The summed E-state index contributed by atoms with van der Waals surface area (Å²) in [6.07, 6.45) is 4.33. The van der Waals surface area contributed by atoms with Gasteiger partial charge < -0.3 is 5.32 Å². The Morgan fingerprint density at radius 2 is 2.35 bits per heavy atom. The lowest BCUT2D eigenvalue weighted by molar-refractivity contribution is 0.266. The summed E-state index contributed by atoms with van der Waals surface area (Å²) in [4.78, 5) is 0. The first kappa shape index (κ1) is 13.1. The molecule has 17 heavy (non-hydrogen) atoms. The number of halogens is 1. The van der Waals surface area contributed by atoms with E-state index < -0.39 is 0 Å². The average Bonchev–Trinajstić information content (AvgIpc) is 2.64. The molecule has 0 saturated carbocycles. The second-order valence-corrected chi connectivity index (χ2v) is 6.27.